The van der Waals surface area contributed by atoms with Gasteiger partial charge in [0, 0.05) is 17.3 Å². The number of methoxy groups -OCH3 is 1. The Balaban J connectivity index is 1.50. The number of aromatic nitrogens is 4. The van der Waals surface area contributed by atoms with Crippen LogP contribution in [0.25, 0.3) is 11.4 Å². The van der Waals surface area contributed by atoms with Crippen molar-refractivity contribution < 1.29 is 18.7 Å². The van der Waals surface area contributed by atoms with Gasteiger partial charge in [-0.3, -0.25) is 9.59 Å². The van der Waals surface area contributed by atoms with Crippen molar-refractivity contribution in [3.63, 3.8) is 0 Å². The van der Waals surface area contributed by atoms with Crippen LogP contribution in [0.3, 0.4) is 0 Å². The standard InChI is InChI=1S/C23H24ClFN6O3/c1-34-18-9-6-15(7-10-18)23-27-29-31(28-23)14-22(33)30(17-8-11-20(25)19(24)12-17)13-21(32)26-16-4-2-3-5-16/h6-12,16H,2-5,13-14H2,1H3,(H,26,32). The van der Waals surface area contributed by atoms with Gasteiger partial charge in [0.25, 0.3) is 5.91 Å². The Labute approximate surface area is 200 Å². The van der Waals surface area contributed by atoms with Gasteiger partial charge in [-0.1, -0.05) is 24.4 Å². The quantitative estimate of drug-likeness (QED) is 0.524. The smallest absolute Gasteiger partial charge is 0.251 e. The van der Waals surface area contributed by atoms with Gasteiger partial charge >= 0.3 is 0 Å². The fourth-order valence-electron chi connectivity index (χ4n) is 3.84. The summed E-state index contributed by atoms with van der Waals surface area (Å²) < 4.78 is 18.8. The topological polar surface area (TPSA) is 102 Å². The fourth-order valence-corrected chi connectivity index (χ4v) is 4.01. The highest BCUT2D eigenvalue weighted by Crippen LogP contribution is 2.24. The van der Waals surface area contributed by atoms with E-state index in [2.05, 4.69) is 20.7 Å². The Morgan fingerprint density at radius 3 is 2.62 bits per heavy atom. The largest absolute Gasteiger partial charge is 0.497 e. The first-order valence-electron chi connectivity index (χ1n) is 10.9. The zero-order valence-corrected chi connectivity index (χ0v) is 19.3. The Morgan fingerprint density at radius 2 is 1.94 bits per heavy atom. The molecular weight excluding hydrogens is 463 g/mol. The van der Waals surface area contributed by atoms with E-state index < -0.39 is 11.7 Å². The summed E-state index contributed by atoms with van der Waals surface area (Å²) in [6.45, 7) is -0.508. The zero-order chi connectivity index (χ0) is 24.1. The fraction of sp³-hybridized carbons (Fsp3) is 0.348. The van der Waals surface area contributed by atoms with Crippen molar-refractivity contribution in [3.8, 4) is 17.1 Å². The first-order valence-corrected chi connectivity index (χ1v) is 11.3. The minimum Gasteiger partial charge on any atom is -0.497 e. The lowest BCUT2D eigenvalue weighted by molar-refractivity contribution is -0.124. The van der Waals surface area contributed by atoms with Gasteiger partial charge in [-0.25, -0.2) is 4.39 Å². The highest BCUT2D eigenvalue weighted by atomic mass is 35.5. The Morgan fingerprint density at radius 1 is 1.21 bits per heavy atom. The second-order valence-corrected chi connectivity index (χ2v) is 8.41. The van der Waals surface area contributed by atoms with Crippen LogP contribution in [0.5, 0.6) is 5.75 Å². The molecule has 0 aliphatic heterocycles. The van der Waals surface area contributed by atoms with Crippen LogP contribution in [0.1, 0.15) is 25.7 Å². The summed E-state index contributed by atoms with van der Waals surface area (Å²) in [5.74, 6) is -0.356. The van der Waals surface area contributed by atoms with E-state index in [0.717, 1.165) is 36.5 Å². The van der Waals surface area contributed by atoms with Gasteiger partial charge in [-0.2, -0.15) is 4.80 Å². The van der Waals surface area contributed by atoms with Crippen molar-refractivity contribution in [3.05, 3.63) is 53.3 Å². The number of anilines is 1. The number of rotatable bonds is 8. The minimum absolute atomic E-state index is 0.102. The first-order chi connectivity index (χ1) is 16.4. The minimum atomic E-state index is -0.615. The third-order valence-corrected chi connectivity index (χ3v) is 5.91. The maximum atomic E-state index is 13.7. The van der Waals surface area contributed by atoms with Crippen LogP contribution in [0.2, 0.25) is 5.02 Å². The second-order valence-electron chi connectivity index (χ2n) is 8.00. The van der Waals surface area contributed by atoms with Gasteiger partial charge in [0.2, 0.25) is 11.7 Å². The number of hydrogen-bond donors (Lipinski definition) is 1. The number of carbonyl (C=O) groups is 2. The lowest BCUT2D eigenvalue weighted by Gasteiger charge is -2.23. The molecule has 1 aliphatic carbocycles. The highest BCUT2D eigenvalue weighted by molar-refractivity contribution is 6.31. The molecule has 34 heavy (non-hydrogen) atoms. The van der Waals surface area contributed by atoms with Crippen molar-refractivity contribution in [2.24, 2.45) is 0 Å². The molecule has 1 aliphatic rings. The summed E-state index contributed by atoms with van der Waals surface area (Å²) in [5, 5.41) is 15.0. The molecule has 1 aromatic heterocycles. The highest BCUT2D eigenvalue weighted by Gasteiger charge is 2.24. The van der Waals surface area contributed by atoms with Crippen LogP contribution in [0.4, 0.5) is 10.1 Å². The van der Waals surface area contributed by atoms with Crippen molar-refractivity contribution in [1.82, 2.24) is 25.5 Å². The summed E-state index contributed by atoms with van der Waals surface area (Å²) in [6, 6.07) is 11.1. The molecule has 178 valence electrons. The molecule has 9 nitrogen and oxygen atoms in total. The van der Waals surface area contributed by atoms with Crippen molar-refractivity contribution in [2.75, 3.05) is 18.6 Å². The molecule has 1 saturated carbocycles. The van der Waals surface area contributed by atoms with Crippen LogP contribution in [-0.4, -0.2) is 51.7 Å². The summed E-state index contributed by atoms with van der Waals surface area (Å²) in [4.78, 5) is 28.2. The maximum Gasteiger partial charge on any atom is 0.251 e. The van der Waals surface area contributed by atoms with Gasteiger partial charge < -0.3 is 15.0 Å². The van der Waals surface area contributed by atoms with Crippen molar-refractivity contribution in [2.45, 2.75) is 38.3 Å². The predicted octanol–water partition coefficient (Wildman–Crippen LogP) is 3.23. The van der Waals surface area contributed by atoms with Gasteiger partial charge in [0.05, 0.1) is 12.1 Å². The average Bonchev–Trinajstić information content (AvgIpc) is 3.52. The summed E-state index contributed by atoms with van der Waals surface area (Å²) >= 11 is 5.93. The molecule has 0 unspecified atom stereocenters. The average molecular weight is 487 g/mol. The number of ether oxygens (including phenoxy) is 1. The number of tetrazole rings is 1. The van der Waals surface area contributed by atoms with Crippen LogP contribution in [-0.2, 0) is 16.1 Å². The molecule has 11 heteroatoms. The number of halogens is 2. The van der Waals surface area contributed by atoms with E-state index in [4.69, 9.17) is 16.3 Å². The molecule has 1 fully saturated rings. The summed E-state index contributed by atoms with van der Waals surface area (Å²) in [7, 11) is 1.57. The van der Waals surface area contributed by atoms with E-state index in [9.17, 15) is 14.0 Å². The van der Waals surface area contributed by atoms with Crippen molar-refractivity contribution >= 4 is 29.1 Å². The maximum absolute atomic E-state index is 13.7. The third-order valence-electron chi connectivity index (χ3n) is 5.62. The third kappa shape index (κ3) is 5.69. The predicted molar refractivity (Wildman–Crippen MR) is 124 cm³/mol. The molecule has 0 saturated heterocycles. The molecule has 2 aromatic carbocycles. The van der Waals surface area contributed by atoms with Gasteiger partial charge in [-0.05, 0) is 60.5 Å². The summed E-state index contributed by atoms with van der Waals surface area (Å²) in [5.41, 5.74) is 1.01. The second kappa shape index (κ2) is 10.6. The van der Waals surface area contributed by atoms with E-state index in [1.807, 2.05) is 0 Å². The zero-order valence-electron chi connectivity index (χ0n) is 18.6. The number of hydrogen-bond acceptors (Lipinski definition) is 6. The molecular formula is C23H24ClFN6O3. The number of amides is 2. The summed E-state index contributed by atoms with van der Waals surface area (Å²) in [6.07, 6.45) is 3.96. The SMILES string of the molecule is COc1ccc(-c2nnn(CC(=O)N(CC(=O)NC3CCCC3)c3ccc(F)c(Cl)c3)n2)cc1. The van der Waals surface area contributed by atoms with Crippen LogP contribution in [0, 0.1) is 5.82 Å². The molecule has 2 amide bonds. The molecule has 1 N–H and O–H groups in total. The van der Waals surface area contributed by atoms with Crippen LogP contribution >= 0.6 is 11.6 Å². The van der Waals surface area contributed by atoms with Crippen LogP contribution in [0.15, 0.2) is 42.5 Å². The number of carbonyl (C=O) groups excluding carboxylic acids is 2. The number of nitrogens with zero attached hydrogens (tertiary/aromatic N) is 5. The molecule has 1 heterocycles. The number of benzene rings is 2. The lowest BCUT2D eigenvalue weighted by Crippen LogP contribution is -2.45. The van der Waals surface area contributed by atoms with E-state index >= 15 is 0 Å². The first kappa shape index (κ1) is 23.6. The van der Waals surface area contributed by atoms with Gasteiger partial charge in [-0.15, -0.1) is 10.2 Å². The molecule has 0 radical (unpaired) electrons. The molecule has 0 bridgehead atoms. The van der Waals surface area contributed by atoms with Crippen molar-refractivity contribution in [1.29, 1.82) is 0 Å². The Bertz CT molecular complexity index is 1160. The van der Waals surface area contributed by atoms with Gasteiger partial charge in [0.1, 0.15) is 24.7 Å². The lowest BCUT2D eigenvalue weighted by atomic mass is 10.2. The number of nitrogens with one attached hydrogen (secondary N) is 1. The monoisotopic (exact) mass is 486 g/mol. The van der Waals surface area contributed by atoms with E-state index in [-0.39, 0.29) is 30.1 Å². The Hall–Kier alpha value is -3.53. The Kier molecular flexibility index (Phi) is 7.36. The normalized spacial score (nSPS) is 13.6. The molecule has 4 rings (SSSR count). The van der Waals surface area contributed by atoms with E-state index in [1.165, 1.54) is 17.0 Å². The van der Waals surface area contributed by atoms with E-state index in [0.29, 0.717) is 22.8 Å². The van der Waals surface area contributed by atoms with E-state index in [1.54, 1.807) is 31.4 Å². The molecule has 0 spiro atoms. The van der Waals surface area contributed by atoms with Crippen LogP contribution < -0.4 is 15.0 Å². The molecule has 0 atom stereocenters. The molecule has 3 aromatic rings. The van der Waals surface area contributed by atoms with Gasteiger partial charge in [0.15, 0.2) is 0 Å².